The maximum atomic E-state index is 12.9. The minimum atomic E-state index is -0.397. The van der Waals surface area contributed by atoms with E-state index in [1.807, 2.05) is 0 Å². The van der Waals surface area contributed by atoms with Crippen molar-refractivity contribution in [2.45, 2.75) is 11.8 Å². The van der Waals surface area contributed by atoms with Crippen molar-refractivity contribution in [2.75, 3.05) is 14.2 Å². The first-order valence-electron chi connectivity index (χ1n) is 7.56. The van der Waals surface area contributed by atoms with Crippen molar-refractivity contribution in [3.63, 3.8) is 0 Å². The summed E-state index contributed by atoms with van der Waals surface area (Å²) in [7, 11) is 5.90. The van der Waals surface area contributed by atoms with Crippen LogP contribution in [-0.4, -0.2) is 33.3 Å². The molecule has 0 spiro atoms. The molecule has 8 nitrogen and oxygen atoms in total. The van der Waals surface area contributed by atoms with Gasteiger partial charge in [0.25, 0.3) is 11.1 Å². The van der Waals surface area contributed by atoms with Gasteiger partial charge >= 0.3 is 0 Å². The van der Waals surface area contributed by atoms with Gasteiger partial charge in [-0.05, 0) is 0 Å². The summed E-state index contributed by atoms with van der Waals surface area (Å²) in [5.41, 5.74) is -0.328. The SMILES string of the molecule is COc1c2nc(CCl)n(C)c(=O)c2c(OC)c2c(=O)n(C)c(CCl)nc12. The molecule has 0 amide bonds. The normalized spacial score (nSPS) is 11.3. The highest BCUT2D eigenvalue weighted by Gasteiger charge is 2.25. The Labute approximate surface area is 157 Å². The number of aromatic nitrogens is 4. The van der Waals surface area contributed by atoms with Crippen molar-refractivity contribution >= 4 is 45.0 Å². The van der Waals surface area contributed by atoms with E-state index in [9.17, 15) is 9.59 Å². The molecular formula is C16H16Cl2N4O4. The topological polar surface area (TPSA) is 88.2 Å². The van der Waals surface area contributed by atoms with Crippen molar-refractivity contribution in [1.82, 2.24) is 19.1 Å². The summed E-state index contributed by atoms with van der Waals surface area (Å²) in [6.45, 7) is 0. The van der Waals surface area contributed by atoms with Crippen molar-refractivity contribution in [3.8, 4) is 11.5 Å². The Hall–Kier alpha value is -2.32. The molecule has 0 fully saturated rings. The summed E-state index contributed by atoms with van der Waals surface area (Å²) in [6, 6.07) is 0. The summed E-state index contributed by atoms with van der Waals surface area (Å²) < 4.78 is 13.5. The fourth-order valence-corrected chi connectivity index (χ4v) is 3.38. The summed E-state index contributed by atoms with van der Waals surface area (Å²) >= 11 is 11.8. The molecule has 0 radical (unpaired) electrons. The monoisotopic (exact) mass is 398 g/mol. The zero-order valence-electron chi connectivity index (χ0n) is 14.6. The molecule has 26 heavy (non-hydrogen) atoms. The van der Waals surface area contributed by atoms with Gasteiger partial charge < -0.3 is 9.47 Å². The quantitative estimate of drug-likeness (QED) is 0.490. The summed E-state index contributed by atoms with van der Waals surface area (Å²) in [6.07, 6.45) is 0. The molecule has 1 aromatic carbocycles. The Bertz CT molecular complexity index is 1070. The van der Waals surface area contributed by atoms with Gasteiger partial charge in [0, 0.05) is 14.1 Å². The third-order valence-electron chi connectivity index (χ3n) is 4.30. The molecule has 0 unspecified atom stereocenters. The predicted molar refractivity (Wildman–Crippen MR) is 99.7 cm³/mol. The minimum Gasteiger partial charge on any atom is -0.495 e. The van der Waals surface area contributed by atoms with E-state index in [1.54, 1.807) is 14.1 Å². The second-order valence-electron chi connectivity index (χ2n) is 5.57. The number of hydrogen-bond acceptors (Lipinski definition) is 6. The van der Waals surface area contributed by atoms with Crippen LogP contribution >= 0.6 is 23.2 Å². The van der Waals surface area contributed by atoms with Crippen LogP contribution in [0.4, 0.5) is 0 Å². The molecule has 0 saturated carbocycles. The van der Waals surface area contributed by atoms with E-state index < -0.39 is 11.1 Å². The average Bonchev–Trinajstić information content (AvgIpc) is 2.65. The molecule has 2 heterocycles. The molecular weight excluding hydrogens is 383 g/mol. The van der Waals surface area contributed by atoms with Gasteiger partial charge in [0.15, 0.2) is 5.75 Å². The standard InChI is InChI=1S/C16H16Cl2N4O4/c1-21-7(5-17)19-11-9(15(21)23)13(25-3)10-12(14(11)26-4)20-8(6-18)22(2)16(10)24/h5-6H2,1-4H3. The number of fused-ring (bicyclic) bond motifs is 2. The van der Waals surface area contributed by atoms with Crippen LogP contribution in [0.1, 0.15) is 11.6 Å². The van der Waals surface area contributed by atoms with Crippen LogP contribution in [0.15, 0.2) is 9.59 Å². The highest BCUT2D eigenvalue weighted by atomic mass is 35.5. The molecule has 2 aromatic heterocycles. The van der Waals surface area contributed by atoms with Gasteiger partial charge in [0.2, 0.25) is 0 Å². The lowest BCUT2D eigenvalue weighted by molar-refractivity contribution is 0.414. The van der Waals surface area contributed by atoms with Gasteiger partial charge in [-0.15, -0.1) is 23.2 Å². The lowest BCUT2D eigenvalue weighted by Gasteiger charge is -2.16. The molecule has 3 rings (SSSR count). The van der Waals surface area contributed by atoms with Crippen LogP contribution in [0.3, 0.4) is 0 Å². The number of ether oxygens (including phenoxy) is 2. The first kappa shape index (κ1) is 18.5. The van der Waals surface area contributed by atoms with Gasteiger partial charge in [-0.2, -0.15) is 0 Å². The summed E-state index contributed by atoms with van der Waals surface area (Å²) in [5, 5.41) is 0.261. The van der Waals surface area contributed by atoms with Gasteiger partial charge in [0.05, 0.1) is 26.0 Å². The third kappa shape index (κ3) is 2.44. The van der Waals surface area contributed by atoms with E-state index in [-0.39, 0.29) is 45.1 Å². The lowest BCUT2D eigenvalue weighted by atomic mass is 10.1. The number of alkyl halides is 2. The van der Waals surface area contributed by atoms with Crippen LogP contribution in [0.5, 0.6) is 11.5 Å². The number of benzene rings is 1. The lowest BCUT2D eigenvalue weighted by Crippen LogP contribution is -2.26. The van der Waals surface area contributed by atoms with Crippen LogP contribution in [-0.2, 0) is 25.9 Å². The molecule has 0 saturated heterocycles. The molecule has 0 atom stereocenters. The maximum Gasteiger partial charge on any atom is 0.265 e. The van der Waals surface area contributed by atoms with Crippen molar-refractivity contribution in [3.05, 3.63) is 32.4 Å². The number of hydrogen-bond donors (Lipinski definition) is 0. The average molecular weight is 399 g/mol. The first-order chi connectivity index (χ1) is 12.4. The second-order valence-corrected chi connectivity index (χ2v) is 6.10. The molecule has 0 N–H and O–H groups in total. The number of nitrogens with zero attached hydrogens (tertiary/aromatic N) is 4. The van der Waals surface area contributed by atoms with Crippen LogP contribution in [0.25, 0.3) is 21.8 Å². The van der Waals surface area contributed by atoms with Crippen LogP contribution in [0.2, 0.25) is 0 Å². The fraction of sp³-hybridized carbons (Fsp3) is 0.375. The molecule has 3 aromatic rings. The molecule has 0 aliphatic heterocycles. The largest absolute Gasteiger partial charge is 0.495 e. The van der Waals surface area contributed by atoms with E-state index in [4.69, 9.17) is 32.7 Å². The third-order valence-corrected chi connectivity index (χ3v) is 4.78. The summed E-state index contributed by atoms with van der Waals surface area (Å²) in [5.74, 6) is 1.06. The maximum absolute atomic E-state index is 12.9. The molecule has 138 valence electrons. The Kier molecular flexibility index (Phi) is 4.81. The summed E-state index contributed by atoms with van der Waals surface area (Å²) in [4.78, 5) is 34.7. The Morgan fingerprint density at radius 3 is 1.50 bits per heavy atom. The first-order valence-corrected chi connectivity index (χ1v) is 8.63. The number of rotatable bonds is 4. The van der Waals surface area contributed by atoms with Crippen molar-refractivity contribution in [1.29, 1.82) is 0 Å². The van der Waals surface area contributed by atoms with Crippen molar-refractivity contribution in [2.24, 2.45) is 14.1 Å². The highest BCUT2D eigenvalue weighted by molar-refractivity contribution is 6.17. The predicted octanol–water partition coefficient (Wildman–Crippen LogP) is 1.68. The highest BCUT2D eigenvalue weighted by Crippen LogP contribution is 2.38. The van der Waals surface area contributed by atoms with Crippen molar-refractivity contribution < 1.29 is 9.47 Å². The zero-order valence-corrected chi connectivity index (χ0v) is 16.1. The molecule has 0 aliphatic rings. The van der Waals surface area contributed by atoms with Crippen LogP contribution < -0.4 is 20.6 Å². The molecule has 0 aliphatic carbocycles. The van der Waals surface area contributed by atoms with Gasteiger partial charge in [-0.1, -0.05) is 0 Å². The van der Waals surface area contributed by atoms with Crippen LogP contribution in [0, 0.1) is 0 Å². The Balaban J connectivity index is 2.75. The van der Waals surface area contributed by atoms with E-state index in [1.165, 1.54) is 23.4 Å². The zero-order chi connectivity index (χ0) is 19.2. The van der Waals surface area contributed by atoms with Gasteiger partial charge in [0.1, 0.15) is 39.2 Å². The molecule has 0 bridgehead atoms. The van der Waals surface area contributed by atoms with E-state index in [2.05, 4.69) is 9.97 Å². The molecule has 10 heteroatoms. The second kappa shape index (κ2) is 6.77. The van der Waals surface area contributed by atoms with E-state index >= 15 is 0 Å². The van der Waals surface area contributed by atoms with Gasteiger partial charge in [-0.25, -0.2) is 9.97 Å². The number of methoxy groups -OCH3 is 2. The minimum absolute atomic E-state index is 0.0299. The Morgan fingerprint density at radius 1 is 0.808 bits per heavy atom. The number of halogens is 2. The van der Waals surface area contributed by atoms with Gasteiger partial charge in [-0.3, -0.25) is 18.7 Å². The smallest absolute Gasteiger partial charge is 0.265 e. The van der Waals surface area contributed by atoms with E-state index in [0.29, 0.717) is 11.6 Å². The van der Waals surface area contributed by atoms with E-state index in [0.717, 1.165) is 0 Å². The fourth-order valence-electron chi connectivity index (χ4n) is 2.90. The Morgan fingerprint density at radius 2 is 1.19 bits per heavy atom.